The van der Waals surface area contributed by atoms with E-state index in [-0.39, 0.29) is 17.4 Å². The zero-order valence-electron chi connectivity index (χ0n) is 18.5. The predicted molar refractivity (Wildman–Crippen MR) is 133 cm³/mol. The summed E-state index contributed by atoms with van der Waals surface area (Å²) >= 11 is 3.43. The average Bonchev–Trinajstić information content (AvgIpc) is 2.75. The molecule has 0 aromatic heterocycles. The van der Waals surface area contributed by atoms with Gasteiger partial charge in [0.2, 0.25) is 0 Å². The molecule has 9 heteroatoms. The summed E-state index contributed by atoms with van der Waals surface area (Å²) in [6.45, 7) is 6.06. The summed E-state index contributed by atoms with van der Waals surface area (Å²) in [5, 5.41) is 2.71. The van der Waals surface area contributed by atoms with Crippen molar-refractivity contribution in [2.24, 2.45) is 0 Å². The topological polar surface area (TPSA) is 93.7 Å². The van der Waals surface area contributed by atoms with Gasteiger partial charge in [0.1, 0.15) is 11.5 Å². The summed E-state index contributed by atoms with van der Waals surface area (Å²) in [5.41, 5.74) is 2.73. The van der Waals surface area contributed by atoms with Gasteiger partial charge in [-0.25, -0.2) is 8.42 Å². The molecule has 3 aromatic carbocycles. The molecule has 33 heavy (non-hydrogen) atoms. The number of anilines is 2. The summed E-state index contributed by atoms with van der Waals surface area (Å²) in [5.74, 6) is 0.977. The quantitative estimate of drug-likeness (QED) is 0.390. The van der Waals surface area contributed by atoms with Gasteiger partial charge in [0.05, 0.1) is 11.5 Å². The van der Waals surface area contributed by atoms with Gasteiger partial charge in [-0.15, -0.1) is 0 Å². The maximum absolute atomic E-state index is 12.6. The first-order chi connectivity index (χ1) is 15.7. The Morgan fingerprint density at radius 1 is 0.909 bits per heavy atom. The Bertz CT molecular complexity index is 1200. The summed E-state index contributed by atoms with van der Waals surface area (Å²) in [6, 6.07) is 16.4. The van der Waals surface area contributed by atoms with Crippen LogP contribution in [0.3, 0.4) is 0 Å². The van der Waals surface area contributed by atoms with Crippen molar-refractivity contribution in [1.82, 2.24) is 0 Å². The van der Waals surface area contributed by atoms with E-state index in [4.69, 9.17) is 9.47 Å². The molecule has 0 spiro atoms. The van der Waals surface area contributed by atoms with Crippen LogP contribution in [0.15, 0.2) is 70.0 Å². The van der Waals surface area contributed by atoms with Crippen molar-refractivity contribution in [3.63, 3.8) is 0 Å². The van der Waals surface area contributed by atoms with Gasteiger partial charge in [-0.1, -0.05) is 15.9 Å². The van der Waals surface area contributed by atoms with Crippen LogP contribution in [-0.2, 0) is 14.8 Å². The third-order valence-electron chi connectivity index (χ3n) is 4.64. The molecule has 0 aliphatic rings. The minimum Gasteiger partial charge on any atom is -0.494 e. The lowest BCUT2D eigenvalue weighted by molar-refractivity contribution is -0.118. The predicted octanol–water partition coefficient (Wildman–Crippen LogP) is 5.28. The van der Waals surface area contributed by atoms with Crippen LogP contribution in [0.5, 0.6) is 11.5 Å². The van der Waals surface area contributed by atoms with Gasteiger partial charge in [-0.05, 0) is 92.6 Å². The van der Waals surface area contributed by atoms with Gasteiger partial charge in [0.15, 0.2) is 6.61 Å². The number of sulfonamides is 1. The van der Waals surface area contributed by atoms with Crippen molar-refractivity contribution in [3.05, 3.63) is 76.3 Å². The fourth-order valence-electron chi connectivity index (χ4n) is 3.18. The molecule has 0 atom stereocenters. The first-order valence-electron chi connectivity index (χ1n) is 10.2. The fraction of sp³-hybridized carbons (Fsp3) is 0.208. The Morgan fingerprint density at radius 3 is 2.06 bits per heavy atom. The molecular weight excluding hydrogens is 508 g/mol. The largest absolute Gasteiger partial charge is 0.494 e. The maximum Gasteiger partial charge on any atom is 0.262 e. The van der Waals surface area contributed by atoms with E-state index >= 15 is 0 Å². The summed E-state index contributed by atoms with van der Waals surface area (Å²) in [7, 11) is -3.78. The average molecular weight is 533 g/mol. The molecule has 0 fully saturated rings. The molecule has 1 amide bonds. The second-order valence-corrected chi connectivity index (χ2v) is 9.89. The Hall–Kier alpha value is -3.04. The second-order valence-electron chi connectivity index (χ2n) is 7.29. The van der Waals surface area contributed by atoms with Crippen molar-refractivity contribution >= 4 is 43.2 Å². The van der Waals surface area contributed by atoms with Crippen LogP contribution in [0, 0.1) is 13.8 Å². The zero-order valence-corrected chi connectivity index (χ0v) is 20.9. The van der Waals surface area contributed by atoms with Crippen LogP contribution in [-0.4, -0.2) is 27.5 Å². The molecule has 7 nitrogen and oxygen atoms in total. The Kier molecular flexibility index (Phi) is 7.99. The number of halogens is 1. The minimum atomic E-state index is -3.78. The van der Waals surface area contributed by atoms with Crippen LogP contribution in [0.2, 0.25) is 0 Å². The Morgan fingerprint density at radius 2 is 1.48 bits per heavy atom. The van der Waals surface area contributed by atoms with Gasteiger partial charge in [-0.3, -0.25) is 9.52 Å². The van der Waals surface area contributed by atoms with Crippen LogP contribution in [0.25, 0.3) is 0 Å². The highest BCUT2D eigenvalue weighted by Crippen LogP contribution is 2.27. The monoisotopic (exact) mass is 532 g/mol. The van der Waals surface area contributed by atoms with E-state index in [9.17, 15) is 13.2 Å². The smallest absolute Gasteiger partial charge is 0.262 e. The molecule has 0 heterocycles. The van der Waals surface area contributed by atoms with Gasteiger partial charge >= 0.3 is 0 Å². The van der Waals surface area contributed by atoms with Gasteiger partial charge in [0, 0.05) is 15.8 Å². The van der Waals surface area contributed by atoms with E-state index in [0.717, 1.165) is 15.6 Å². The van der Waals surface area contributed by atoms with Gasteiger partial charge < -0.3 is 14.8 Å². The lowest BCUT2D eigenvalue weighted by Crippen LogP contribution is -2.20. The molecule has 0 unspecified atom stereocenters. The van der Waals surface area contributed by atoms with E-state index in [2.05, 4.69) is 26.0 Å². The number of amides is 1. The number of carbonyl (C=O) groups is 1. The SMILES string of the molecule is CCOc1ccc(NS(=O)(=O)c2ccc(NC(=O)COc3c(C)cc(Br)cc3C)cc2)cc1. The number of hydrogen-bond donors (Lipinski definition) is 2. The summed E-state index contributed by atoms with van der Waals surface area (Å²) < 4.78 is 39.8. The van der Waals surface area contributed by atoms with Gasteiger partial charge in [-0.2, -0.15) is 0 Å². The molecule has 0 aliphatic carbocycles. The van der Waals surface area contributed by atoms with Crippen LogP contribution >= 0.6 is 15.9 Å². The lowest BCUT2D eigenvalue weighted by atomic mass is 10.1. The van der Waals surface area contributed by atoms with Crippen molar-refractivity contribution < 1.29 is 22.7 Å². The molecule has 0 radical (unpaired) electrons. The third kappa shape index (κ3) is 6.72. The minimum absolute atomic E-state index is 0.0757. The standard InChI is InChI=1S/C24H25BrN2O5S/c1-4-31-21-9-5-20(6-10-21)27-33(29,30)22-11-7-19(8-12-22)26-23(28)15-32-24-16(2)13-18(25)14-17(24)3/h5-14,27H,4,15H2,1-3H3,(H,26,28). The molecule has 3 rings (SSSR count). The molecular formula is C24H25BrN2O5S. The first kappa shape index (κ1) is 24.6. The van der Waals surface area contributed by atoms with E-state index in [0.29, 0.717) is 29.5 Å². The number of nitrogens with one attached hydrogen (secondary N) is 2. The molecule has 0 aliphatic heterocycles. The summed E-state index contributed by atoms with van der Waals surface area (Å²) in [6.07, 6.45) is 0. The maximum atomic E-state index is 12.6. The number of ether oxygens (including phenoxy) is 2. The first-order valence-corrected chi connectivity index (χ1v) is 12.5. The van der Waals surface area contributed by atoms with Crippen molar-refractivity contribution in [3.8, 4) is 11.5 Å². The zero-order chi connectivity index (χ0) is 24.0. The van der Waals surface area contributed by atoms with Crippen molar-refractivity contribution in [2.75, 3.05) is 23.3 Å². The number of rotatable bonds is 9. The van der Waals surface area contributed by atoms with E-state index in [1.165, 1.54) is 24.3 Å². The van der Waals surface area contributed by atoms with E-state index in [1.54, 1.807) is 24.3 Å². The molecule has 174 valence electrons. The van der Waals surface area contributed by atoms with Crippen molar-refractivity contribution in [2.45, 2.75) is 25.7 Å². The van der Waals surface area contributed by atoms with Crippen LogP contribution in [0.1, 0.15) is 18.1 Å². The number of hydrogen-bond acceptors (Lipinski definition) is 5. The van der Waals surface area contributed by atoms with E-state index < -0.39 is 10.0 Å². The third-order valence-corrected chi connectivity index (χ3v) is 6.49. The molecule has 3 aromatic rings. The number of aryl methyl sites for hydroxylation is 2. The number of benzene rings is 3. The fourth-order valence-corrected chi connectivity index (χ4v) is 4.92. The van der Waals surface area contributed by atoms with Crippen LogP contribution < -0.4 is 19.5 Å². The molecule has 0 saturated carbocycles. The van der Waals surface area contributed by atoms with Gasteiger partial charge in [0.25, 0.3) is 15.9 Å². The highest BCUT2D eigenvalue weighted by molar-refractivity contribution is 9.10. The lowest BCUT2D eigenvalue weighted by Gasteiger charge is -2.13. The molecule has 2 N–H and O–H groups in total. The van der Waals surface area contributed by atoms with Crippen LogP contribution in [0.4, 0.5) is 11.4 Å². The molecule has 0 saturated heterocycles. The van der Waals surface area contributed by atoms with Crippen molar-refractivity contribution in [1.29, 1.82) is 0 Å². The second kappa shape index (κ2) is 10.7. The highest BCUT2D eigenvalue weighted by Gasteiger charge is 2.15. The normalized spacial score (nSPS) is 11.0. The number of carbonyl (C=O) groups excluding carboxylic acids is 1. The Balaban J connectivity index is 1.59. The summed E-state index contributed by atoms with van der Waals surface area (Å²) in [4.78, 5) is 12.4. The Labute approximate surface area is 202 Å². The highest BCUT2D eigenvalue weighted by atomic mass is 79.9. The van der Waals surface area contributed by atoms with E-state index in [1.807, 2.05) is 32.9 Å². The molecule has 0 bridgehead atoms.